The number of nitriles is 1. The van der Waals surface area contributed by atoms with Gasteiger partial charge in [0.25, 0.3) is 11.8 Å². The van der Waals surface area contributed by atoms with Crippen LogP contribution in [0, 0.1) is 23.1 Å². The van der Waals surface area contributed by atoms with E-state index < -0.39 is 28.7 Å². The second-order valence-corrected chi connectivity index (χ2v) is 11.0. The van der Waals surface area contributed by atoms with Crippen molar-refractivity contribution in [2.75, 3.05) is 29.6 Å². The zero-order chi connectivity index (χ0) is 30.4. The van der Waals surface area contributed by atoms with E-state index in [2.05, 4.69) is 9.97 Å². The number of aryl methyl sites for hydroxylation is 1. The summed E-state index contributed by atoms with van der Waals surface area (Å²) in [5.74, 6) is -3.82. The summed E-state index contributed by atoms with van der Waals surface area (Å²) in [5, 5.41) is 9.71. The van der Waals surface area contributed by atoms with Gasteiger partial charge in [0.2, 0.25) is 5.88 Å². The molecule has 2 aliphatic rings. The van der Waals surface area contributed by atoms with E-state index in [1.54, 1.807) is 26.0 Å². The summed E-state index contributed by atoms with van der Waals surface area (Å²) in [6, 6.07) is 8.31. The van der Waals surface area contributed by atoms with E-state index >= 15 is 4.39 Å². The molecule has 42 heavy (non-hydrogen) atoms. The minimum Gasteiger partial charge on any atom is -0.477 e. The molecule has 2 aliphatic heterocycles. The van der Waals surface area contributed by atoms with E-state index in [9.17, 15) is 18.8 Å². The van der Waals surface area contributed by atoms with Gasteiger partial charge in [-0.05, 0) is 69.4 Å². The number of aromatic nitrogens is 2. The fourth-order valence-corrected chi connectivity index (χ4v) is 5.49. The van der Waals surface area contributed by atoms with E-state index in [-0.39, 0.29) is 39.4 Å². The predicted octanol–water partition coefficient (Wildman–Crippen LogP) is 5.81. The number of carbonyl (C=O) groups is 1. The first-order valence-electron chi connectivity index (χ1n) is 13.4. The van der Waals surface area contributed by atoms with Crippen molar-refractivity contribution in [2.24, 2.45) is 5.92 Å². The first-order valence-corrected chi connectivity index (χ1v) is 13.8. The number of ether oxygens (including phenoxy) is 2. The lowest BCUT2D eigenvalue weighted by atomic mass is 9.99. The number of hydrogen-bond acceptors (Lipinski definition) is 7. The summed E-state index contributed by atoms with van der Waals surface area (Å²) in [6.07, 6.45) is 2.32. The standard InChI is InChI=1S/C30H28F3N5O3S/c1-5-9-30(32,33)22-11-19(8-7-18(22)13-34)37-27(39)29(3,4)38(28(37)42)20-10-21-25(23(31)12-20)35-24(6-2)36-26(21)41-16-17-14-40-15-17/h5,7-12,17H,6,14-16H2,1-4H3/b9-5+. The van der Waals surface area contributed by atoms with Gasteiger partial charge in [0.15, 0.2) is 10.9 Å². The number of benzene rings is 2. The molecule has 0 radical (unpaired) electrons. The quantitative estimate of drug-likeness (QED) is 0.238. The number of allylic oxidation sites excluding steroid dienone is 2. The van der Waals surface area contributed by atoms with E-state index in [4.69, 9.17) is 21.7 Å². The topological polar surface area (TPSA) is 91.6 Å². The fraction of sp³-hybridized carbons (Fsp3) is 0.367. The maximum absolute atomic E-state index is 15.7. The van der Waals surface area contributed by atoms with Crippen LogP contribution in [0.15, 0.2) is 42.5 Å². The van der Waals surface area contributed by atoms with Gasteiger partial charge in [-0.2, -0.15) is 19.0 Å². The first kappa shape index (κ1) is 29.4. The summed E-state index contributed by atoms with van der Waals surface area (Å²) in [7, 11) is 0. The molecule has 2 aromatic carbocycles. The average molecular weight is 596 g/mol. The molecule has 5 rings (SSSR count). The summed E-state index contributed by atoms with van der Waals surface area (Å²) in [6.45, 7) is 7.97. The minimum atomic E-state index is -3.46. The molecular weight excluding hydrogens is 567 g/mol. The molecule has 8 nitrogen and oxygen atoms in total. The molecule has 3 heterocycles. The van der Waals surface area contributed by atoms with E-state index in [1.165, 1.54) is 36.1 Å². The lowest BCUT2D eigenvalue weighted by Crippen LogP contribution is -2.44. The Morgan fingerprint density at radius 1 is 1.24 bits per heavy atom. The van der Waals surface area contributed by atoms with Crippen LogP contribution in [0.25, 0.3) is 10.9 Å². The molecule has 3 aromatic rings. The molecule has 1 amide bonds. The minimum absolute atomic E-state index is 0.0473. The zero-order valence-electron chi connectivity index (χ0n) is 23.5. The van der Waals surface area contributed by atoms with E-state index in [0.29, 0.717) is 43.5 Å². The molecule has 12 heteroatoms. The average Bonchev–Trinajstić information content (AvgIpc) is 3.10. The molecule has 2 saturated heterocycles. The SMILES string of the molecule is C/C=C/C(F)(F)c1cc(N2C(=O)C(C)(C)N(c3cc(F)c4nc(CC)nc(OCC5COC5)c4c3)C2=S)ccc1C#N. The lowest BCUT2D eigenvalue weighted by molar-refractivity contribution is -0.120. The van der Waals surface area contributed by atoms with Gasteiger partial charge in [0.05, 0.1) is 42.5 Å². The van der Waals surface area contributed by atoms with Crippen molar-refractivity contribution < 1.29 is 27.4 Å². The highest BCUT2D eigenvalue weighted by molar-refractivity contribution is 7.81. The molecule has 0 unspecified atom stereocenters. The lowest BCUT2D eigenvalue weighted by Gasteiger charge is -2.30. The third kappa shape index (κ3) is 4.97. The van der Waals surface area contributed by atoms with Crippen molar-refractivity contribution >= 4 is 45.5 Å². The van der Waals surface area contributed by atoms with Gasteiger partial charge in [-0.1, -0.05) is 13.0 Å². The largest absolute Gasteiger partial charge is 0.477 e. The van der Waals surface area contributed by atoms with Crippen LogP contribution in [0.4, 0.5) is 24.5 Å². The molecule has 0 aliphatic carbocycles. The van der Waals surface area contributed by atoms with Crippen LogP contribution in [-0.2, 0) is 21.9 Å². The third-order valence-corrected chi connectivity index (χ3v) is 7.64. The Bertz CT molecular complexity index is 1670. The Morgan fingerprint density at radius 2 is 1.98 bits per heavy atom. The number of thiocarbonyl (C=S) groups is 1. The molecule has 218 valence electrons. The van der Waals surface area contributed by atoms with Crippen molar-refractivity contribution in [3.63, 3.8) is 0 Å². The Kier molecular flexibility index (Phi) is 7.68. The number of hydrogen-bond donors (Lipinski definition) is 0. The molecular formula is C30H28F3N5O3S. The van der Waals surface area contributed by atoms with Gasteiger partial charge in [-0.25, -0.2) is 9.37 Å². The van der Waals surface area contributed by atoms with Crippen molar-refractivity contribution in [3.8, 4) is 11.9 Å². The highest BCUT2D eigenvalue weighted by atomic mass is 32.1. The first-order chi connectivity index (χ1) is 19.9. The second-order valence-electron chi connectivity index (χ2n) is 10.6. The Labute approximate surface area is 246 Å². The normalized spacial score (nSPS) is 17.3. The van der Waals surface area contributed by atoms with Crippen LogP contribution < -0.4 is 14.5 Å². The van der Waals surface area contributed by atoms with Gasteiger partial charge in [0, 0.05) is 23.6 Å². The van der Waals surface area contributed by atoms with Gasteiger partial charge < -0.3 is 14.4 Å². The van der Waals surface area contributed by atoms with Gasteiger partial charge >= 0.3 is 0 Å². The summed E-state index contributed by atoms with van der Waals surface area (Å²) in [5.41, 5.74) is -1.76. The number of nitrogens with zero attached hydrogens (tertiary/aromatic N) is 5. The summed E-state index contributed by atoms with van der Waals surface area (Å²) < 4.78 is 56.7. The van der Waals surface area contributed by atoms with Crippen molar-refractivity contribution in [1.82, 2.24) is 9.97 Å². The van der Waals surface area contributed by atoms with Crippen LogP contribution in [0.5, 0.6) is 5.88 Å². The second kappa shape index (κ2) is 11.0. The highest BCUT2D eigenvalue weighted by Gasteiger charge is 2.51. The Balaban J connectivity index is 1.59. The monoisotopic (exact) mass is 595 g/mol. The number of alkyl halides is 2. The molecule has 0 atom stereocenters. The van der Waals surface area contributed by atoms with E-state index in [1.807, 2.05) is 6.92 Å². The molecule has 1 aromatic heterocycles. The highest BCUT2D eigenvalue weighted by Crippen LogP contribution is 2.41. The van der Waals surface area contributed by atoms with Gasteiger partial charge in [-0.3, -0.25) is 9.69 Å². The van der Waals surface area contributed by atoms with Crippen LogP contribution in [0.3, 0.4) is 0 Å². The van der Waals surface area contributed by atoms with Crippen LogP contribution >= 0.6 is 12.2 Å². The van der Waals surface area contributed by atoms with Crippen molar-refractivity contribution in [1.29, 1.82) is 5.26 Å². The summed E-state index contributed by atoms with van der Waals surface area (Å²) in [4.78, 5) is 25.2. The number of fused-ring (bicyclic) bond motifs is 1. The number of carbonyl (C=O) groups excluding carboxylic acids is 1. The van der Waals surface area contributed by atoms with E-state index in [0.717, 1.165) is 11.0 Å². The Hall–Kier alpha value is -4.08. The molecule has 0 saturated carbocycles. The van der Waals surface area contributed by atoms with Crippen LogP contribution in [0.2, 0.25) is 0 Å². The van der Waals surface area contributed by atoms with Crippen LogP contribution in [0.1, 0.15) is 44.6 Å². The zero-order valence-corrected chi connectivity index (χ0v) is 24.3. The maximum Gasteiger partial charge on any atom is 0.293 e. The molecule has 0 bridgehead atoms. The van der Waals surface area contributed by atoms with Crippen molar-refractivity contribution in [3.05, 3.63) is 65.3 Å². The van der Waals surface area contributed by atoms with Crippen molar-refractivity contribution in [2.45, 2.75) is 45.6 Å². The molecule has 0 N–H and O–H groups in total. The Morgan fingerprint density at radius 3 is 2.60 bits per heavy atom. The smallest absolute Gasteiger partial charge is 0.293 e. The van der Waals surface area contributed by atoms with Crippen LogP contribution in [-0.4, -0.2) is 46.3 Å². The number of anilines is 2. The summed E-state index contributed by atoms with van der Waals surface area (Å²) >= 11 is 5.71. The maximum atomic E-state index is 15.7. The molecule has 2 fully saturated rings. The van der Waals surface area contributed by atoms with Gasteiger partial charge in [-0.15, -0.1) is 0 Å². The third-order valence-electron chi connectivity index (χ3n) is 7.27. The van der Waals surface area contributed by atoms with Gasteiger partial charge in [0.1, 0.15) is 16.9 Å². The number of rotatable bonds is 8. The number of halogens is 3. The fourth-order valence-electron chi connectivity index (χ4n) is 4.97. The predicted molar refractivity (Wildman–Crippen MR) is 155 cm³/mol. The molecule has 0 spiro atoms. The number of amides is 1.